The van der Waals surface area contributed by atoms with Crippen LogP contribution in [0.4, 0.5) is 0 Å². The second-order valence-electron chi connectivity index (χ2n) is 7.05. The summed E-state index contributed by atoms with van der Waals surface area (Å²) in [4.78, 5) is 28.4. The molecule has 0 N–H and O–H groups in total. The molecule has 4 aromatic rings. The molecule has 1 aromatic heterocycles. The summed E-state index contributed by atoms with van der Waals surface area (Å²) in [5.41, 5.74) is 2.35. The third kappa shape index (κ3) is 2.93. The fraction of sp³-hybridized carbons (Fsp3) is 0.0833. The molecule has 0 saturated carbocycles. The Morgan fingerprint density at radius 2 is 1.59 bits per heavy atom. The van der Waals surface area contributed by atoms with Gasteiger partial charge in [-0.3, -0.25) is 9.59 Å². The number of hydrogen-bond donors (Lipinski definition) is 0. The van der Waals surface area contributed by atoms with E-state index in [0.29, 0.717) is 28.1 Å². The van der Waals surface area contributed by atoms with Gasteiger partial charge in [0.2, 0.25) is 5.76 Å². The maximum atomic E-state index is 13.4. The Hall–Kier alpha value is -3.37. The van der Waals surface area contributed by atoms with Crippen molar-refractivity contribution in [2.24, 2.45) is 0 Å². The zero-order valence-corrected chi connectivity index (χ0v) is 16.1. The van der Waals surface area contributed by atoms with Gasteiger partial charge in [-0.25, -0.2) is 0 Å². The molecule has 0 aliphatic carbocycles. The summed E-state index contributed by atoms with van der Waals surface area (Å²) in [5, 5.41) is 0.831. The van der Waals surface area contributed by atoms with Gasteiger partial charge >= 0.3 is 0 Å². The number of halogens is 1. The lowest BCUT2D eigenvalue weighted by molar-refractivity contribution is 0.0714. The highest BCUT2D eigenvalue weighted by Gasteiger charge is 2.42. The molecule has 1 aliphatic rings. The van der Waals surface area contributed by atoms with E-state index in [-0.39, 0.29) is 17.1 Å². The van der Waals surface area contributed by atoms with Crippen LogP contribution in [0.1, 0.15) is 33.3 Å². The van der Waals surface area contributed by atoms with Crippen molar-refractivity contribution in [3.8, 4) is 0 Å². The number of amides is 1. The number of benzene rings is 3. The monoisotopic (exact) mass is 401 g/mol. The standard InChI is InChI=1S/C24H16ClNO3/c25-17-11-12-19-18(13-17)22(27)20-21(16-9-5-2-6-10-16)26(24(28)23(20)29-19)14-15-7-3-1-4-8-15/h1-13,21H,14H2/t21-/m0/s1. The lowest BCUT2D eigenvalue weighted by Crippen LogP contribution is -2.29. The highest BCUT2D eigenvalue weighted by molar-refractivity contribution is 6.31. The number of carbonyl (C=O) groups excluding carboxylic acids is 1. The summed E-state index contributed by atoms with van der Waals surface area (Å²) >= 11 is 6.10. The average molecular weight is 402 g/mol. The Morgan fingerprint density at radius 1 is 0.897 bits per heavy atom. The predicted molar refractivity (Wildman–Crippen MR) is 112 cm³/mol. The van der Waals surface area contributed by atoms with Crippen LogP contribution in [-0.4, -0.2) is 10.8 Å². The molecule has 1 aliphatic heterocycles. The van der Waals surface area contributed by atoms with E-state index >= 15 is 0 Å². The van der Waals surface area contributed by atoms with Crippen molar-refractivity contribution in [2.75, 3.05) is 0 Å². The van der Waals surface area contributed by atoms with Crippen LogP contribution in [0.15, 0.2) is 88.1 Å². The summed E-state index contributed by atoms with van der Waals surface area (Å²) in [6, 6.07) is 23.6. The van der Waals surface area contributed by atoms with Gasteiger partial charge < -0.3 is 9.32 Å². The fourth-order valence-electron chi connectivity index (χ4n) is 3.92. The molecule has 3 aromatic carbocycles. The van der Waals surface area contributed by atoms with Crippen LogP contribution < -0.4 is 5.43 Å². The van der Waals surface area contributed by atoms with Crippen LogP contribution in [0, 0.1) is 0 Å². The fourth-order valence-corrected chi connectivity index (χ4v) is 4.09. The number of rotatable bonds is 3. The molecule has 5 rings (SSSR count). The number of hydrogen-bond acceptors (Lipinski definition) is 3. The SMILES string of the molecule is O=C1c2oc3ccc(Cl)cc3c(=O)c2[C@H](c2ccccc2)N1Cc1ccccc1. The molecule has 0 bridgehead atoms. The third-order valence-corrected chi connectivity index (χ3v) is 5.47. The van der Waals surface area contributed by atoms with Gasteiger partial charge in [0.05, 0.1) is 17.0 Å². The lowest BCUT2D eigenvalue weighted by Gasteiger charge is -2.25. The summed E-state index contributed by atoms with van der Waals surface area (Å²) in [6.07, 6.45) is 0. The maximum absolute atomic E-state index is 13.4. The average Bonchev–Trinajstić information content (AvgIpc) is 3.02. The van der Waals surface area contributed by atoms with Crippen LogP contribution in [-0.2, 0) is 6.54 Å². The van der Waals surface area contributed by atoms with Gasteiger partial charge in [-0.1, -0.05) is 72.3 Å². The van der Waals surface area contributed by atoms with Crippen molar-refractivity contribution >= 4 is 28.5 Å². The van der Waals surface area contributed by atoms with Gasteiger partial charge in [0, 0.05) is 11.6 Å². The highest BCUT2D eigenvalue weighted by atomic mass is 35.5. The van der Waals surface area contributed by atoms with Gasteiger partial charge in [-0.05, 0) is 29.3 Å². The van der Waals surface area contributed by atoms with E-state index in [2.05, 4.69) is 0 Å². The van der Waals surface area contributed by atoms with Crippen LogP contribution in [0.3, 0.4) is 0 Å². The van der Waals surface area contributed by atoms with Crippen LogP contribution in [0.2, 0.25) is 5.02 Å². The molecule has 0 unspecified atom stereocenters. The molecule has 0 saturated heterocycles. The summed E-state index contributed by atoms with van der Waals surface area (Å²) in [6.45, 7) is 0.375. The van der Waals surface area contributed by atoms with Crippen LogP contribution >= 0.6 is 11.6 Å². The lowest BCUT2D eigenvalue weighted by atomic mass is 9.98. The predicted octanol–water partition coefficient (Wildman–Crippen LogP) is 5.19. The summed E-state index contributed by atoms with van der Waals surface area (Å²) in [7, 11) is 0. The van der Waals surface area contributed by atoms with E-state index in [0.717, 1.165) is 11.1 Å². The molecule has 0 spiro atoms. The van der Waals surface area contributed by atoms with E-state index < -0.39 is 6.04 Å². The summed E-state index contributed by atoms with van der Waals surface area (Å²) in [5.74, 6) is -0.179. The van der Waals surface area contributed by atoms with Gasteiger partial charge in [0.15, 0.2) is 5.43 Å². The van der Waals surface area contributed by atoms with Crippen molar-refractivity contribution < 1.29 is 9.21 Å². The number of nitrogens with zero attached hydrogens (tertiary/aromatic N) is 1. The first-order valence-electron chi connectivity index (χ1n) is 9.29. The van der Waals surface area contributed by atoms with Gasteiger partial charge in [0.25, 0.3) is 5.91 Å². The van der Waals surface area contributed by atoms with Crippen LogP contribution in [0.5, 0.6) is 0 Å². The van der Waals surface area contributed by atoms with E-state index in [9.17, 15) is 9.59 Å². The molecular formula is C24H16ClNO3. The molecule has 0 fully saturated rings. The van der Waals surface area contributed by atoms with Gasteiger partial charge in [-0.15, -0.1) is 0 Å². The van der Waals surface area contributed by atoms with E-state index in [4.69, 9.17) is 16.0 Å². The molecule has 1 atom stereocenters. The second kappa shape index (κ2) is 6.90. The number of fused-ring (bicyclic) bond motifs is 2. The Morgan fingerprint density at radius 3 is 2.31 bits per heavy atom. The molecular weight excluding hydrogens is 386 g/mol. The van der Waals surface area contributed by atoms with E-state index in [1.807, 2.05) is 60.7 Å². The normalized spacial score (nSPS) is 15.7. The Kier molecular flexibility index (Phi) is 4.22. The minimum absolute atomic E-state index is 0.106. The molecule has 0 radical (unpaired) electrons. The van der Waals surface area contributed by atoms with Gasteiger partial charge in [-0.2, -0.15) is 0 Å². The first kappa shape index (κ1) is 17.7. The van der Waals surface area contributed by atoms with Crippen molar-refractivity contribution in [1.29, 1.82) is 0 Å². The minimum atomic E-state index is -0.515. The van der Waals surface area contributed by atoms with Crippen molar-refractivity contribution in [2.45, 2.75) is 12.6 Å². The topological polar surface area (TPSA) is 50.5 Å². The van der Waals surface area contributed by atoms with Crippen molar-refractivity contribution in [3.05, 3.63) is 117 Å². The van der Waals surface area contributed by atoms with E-state index in [1.165, 1.54) is 0 Å². The van der Waals surface area contributed by atoms with Crippen molar-refractivity contribution in [1.82, 2.24) is 4.90 Å². The van der Waals surface area contributed by atoms with Crippen molar-refractivity contribution in [3.63, 3.8) is 0 Å². The zero-order chi connectivity index (χ0) is 20.0. The molecule has 2 heterocycles. The minimum Gasteiger partial charge on any atom is -0.450 e. The number of carbonyl (C=O) groups is 1. The molecule has 1 amide bonds. The Labute approximate surface area is 172 Å². The Bertz CT molecular complexity index is 1280. The largest absolute Gasteiger partial charge is 0.450 e. The molecule has 5 heteroatoms. The Balaban J connectivity index is 1.74. The third-order valence-electron chi connectivity index (χ3n) is 5.24. The molecule has 4 nitrogen and oxygen atoms in total. The zero-order valence-electron chi connectivity index (χ0n) is 15.3. The molecule has 29 heavy (non-hydrogen) atoms. The van der Waals surface area contributed by atoms with Gasteiger partial charge in [0.1, 0.15) is 5.58 Å². The first-order chi connectivity index (χ1) is 14.1. The van der Waals surface area contributed by atoms with E-state index in [1.54, 1.807) is 23.1 Å². The summed E-state index contributed by atoms with van der Waals surface area (Å²) < 4.78 is 5.92. The molecule has 142 valence electrons. The highest BCUT2D eigenvalue weighted by Crippen LogP contribution is 2.39. The first-order valence-corrected chi connectivity index (χ1v) is 9.67. The quantitative estimate of drug-likeness (QED) is 0.474. The maximum Gasteiger partial charge on any atom is 0.291 e. The smallest absolute Gasteiger partial charge is 0.291 e. The second-order valence-corrected chi connectivity index (χ2v) is 7.48. The van der Waals surface area contributed by atoms with Crippen LogP contribution in [0.25, 0.3) is 11.0 Å².